The number of benzene rings is 1. The molecule has 11 nitrogen and oxygen atoms in total. The van der Waals surface area contributed by atoms with Crippen molar-refractivity contribution in [3.63, 3.8) is 0 Å². The van der Waals surface area contributed by atoms with Gasteiger partial charge in [-0.15, -0.1) is 0 Å². The zero-order chi connectivity index (χ0) is 14.6. The SMILES string of the molecule is O=COc1cccc(O)c1.O=[N+]([O-])[O-].O=[N+]([O-])[O-].[Ni+2]. The molecule has 12 heteroatoms. The van der Waals surface area contributed by atoms with Crippen molar-refractivity contribution in [2.45, 2.75) is 0 Å². The van der Waals surface area contributed by atoms with Crippen LogP contribution >= 0.6 is 0 Å². The molecule has 0 aliphatic rings. The average molecular weight is 321 g/mol. The number of nitrogens with zero attached hydrogens (tertiary/aromatic N) is 2. The van der Waals surface area contributed by atoms with E-state index in [0.29, 0.717) is 12.2 Å². The Labute approximate surface area is 115 Å². The summed E-state index contributed by atoms with van der Waals surface area (Å²) in [5.41, 5.74) is 0. The van der Waals surface area contributed by atoms with Gasteiger partial charge in [0, 0.05) is 6.07 Å². The maximum absolute atomic E-state index is 9.78. The van der Waals surface area contributed by atoms with Crippen molar-refractivity contribution in [2.75, 3.05) is 0 Å². The molecular formula is C7H6N2NiO9. The van der Waals surface area contributed by atoms with Gasteiger partial charge >= 0.3 is 16.5 Å². The zero-order valence-corrected chi connectivity index (χ0v) is 9.80. The second kappa shape index (κ2) is 13.4. The van der Waals surface area contributed by atoms with Crippen LogP contribution < -0.4 is 4.74 Å². The van der Waals surface area contributed by atoms with Crippen LogP contribution in [0, 0.1) is 30.6 Å². The maximum Gasteiger partial charge on any atom is 2.00 e. The first kappa shape index (κ1) is 21.6. The molecule has 0 amide bonds. The first-order valence-electron chi connectivity index (χ1n) is 3.82. The number of aromatic hydroxyl groups is 1. The number of carbonyl (C=O) groups is 1. The van der Waals surface area contributed by atoms with Gasteiger partial charge in [-0.05, 0) is 12.1 Å². The zero-order valence-electron chi connectivity index (χ0n) is 8.81. The van der Waals surface area contributed by atoms with Crippen molar-refractivity contribution in [1.82, 2.24) is 0 Å². The van der Waals surface area contributed by atoms with Crippen LogP contribution in [0.4, 0.5) is 0 Å². The van der Waals surface area contributed by atoms with Crippen LogP contribution in [0.5, 0.6) is 11.5 Å². The Hall–Kier alpha value is -2.62. The largest absolute Gasteiger partial charge is 2.00 e. The van der Waals surface area contributed by atoms with Gasteiger partial charge in [-0.25, -0.2) is 0 Å². The normalized spacial score (nSPS) is 7.16. The number of phenols is 1. The molecule has 19 heavy (non-hydrogen) atoms. The Morgan fingerprint density at radius 3 is 1.84 bits per heavy atom. The summed E-state index contributed by atoms with van der Waals surface area (Å²) in [5, 5.41) is 38.3. The first-order valence-corrected chi connectivity index (χ1v) is 3.82. The van der Waals surface area contributed by atoms with Gasteiger partial charge in [0.2, 0.25) is 0 Å². The second-order valence-electron chi connectivity index (χ2n) is 2.16. The summed E-state index contributed by atoms with van der Waals surface area (Å²) in [6.07, 6.45) is 0. The number of phenolic OH excluding ortho intramolecular Hbond substituents is 1. The summed E-state index contributed by atoms with van der Waals surface area (Å²) >= 11 is 0. The summed E-state index contributed by atoms with van der Waals surface area (Å²) in [7, 11) is 0. The maximum atomic E-state index is 9.78. The molecule has 0 atom stereocenters. The van der Waals surface area contributed by atoms with Crippen LogP contribution in [-0.4, -0.2) is 21.8 Å². The molecule has 0 spiro atoms. The summed E-state index contributed by atoms with van der Waals surface area (Å²) in [6, 6.07) is 6.02. The molecule has 0 unspecified atom stereocenters. The van der Waals surface area contributed by atoms with Crippen LogP contribution in [0.3, 0.4) is 0 Å². The molecule has 1 aromatic rings. The van der Waals surface area contributed by atoms with Gasteiger partial charge in [0.15, 0.2) is 0 Å². The molecule has 1 aromatic carbocycles. The summed E-state index contributed by atoms with van der Waals surface area (Å²) < 4.78 is 4.45. The molecule has 0 aliphatic heterocycles. The molecule has 0 saturated carbocycles. The Morgan fingerprint density at radius 2 is 1.53 bits per heavy atom. The minimum atomic E-state index is -1.75. The fraction of sp³-hybridized carbons (Fsp3) is 0. The van der Waals surface area contributed by atoms with Crippen molar-refractivity contribution in [2.24, 2.45) is 0 Å². The van der Waals surface area contributed by atoms with Crippen LogP contribution in [0.15, 0.2) is 24.3 Å². The van der Waals surface area contributed by atoms with Gasteiger partial charge in [-0.2, -0.15) is 0 Å². The number of rotatable bonds is 2. The minimum absolute atomic E-state index is 0. The van der Waals surface area contributed by atoms with Crippen molar-refractivity contribution >= 4 is 6.47 Å². The minimum Gasteiger partial charge on any atom is -0.508 e. The van der Waals surface area contributed by atoms with Crippen molar-refractivity contribution < 1.29 is 41.3 Å². The van der Waals surface area contributed by atoms with E-state index >= 15 is 0 Å². The number of hydrogen-bond acceptors (Lipinski definition) is 9. The van der Waals surface area contributed by atoms with Crippen molar-refractivity contribution in [1.29, 1.82) is 0 Å². The van der Waals surface area contributed by atoms with Gasteiger partial charge in [0.25, 0.3) is 6.47 Å². The molecule has 0 heterocycles. The van der Waals surface area contributed by atoms with Crippen molar-refractivity contribution in [3.05, 3.63) is 54.9 Å². The topological polar surface area (TPSA) is 179 Å². The van der Waals surface area contributed by atoms with Crippen LogP contribution in [-0.2, 0) is 21.3 Å². The van der Waals surface area contributed by atoms with E-state index in [1.807, 2.05) is 0 Å². The fourth-order valence-corrected chi connectivity index (χ4v) is 0.612. The summed E-state index contributed by atoms with van der Waals surface area (Å²) in [4.78, 5) is 26.3. The van der Waals surface area contributed by atoms with E-state index in [-0.39, 0.29) is 22.2 Å². The van der Waals surface area contributed by atoms with E-state index in [0.717, 1.165) is 0 Å². The Kier molecular flexibility index (Phi) is 15.3. The quantitative estimate of drug-likeness (QED) is 0.350. The number of hydrogen-bond donors (Lipinski definition) is 1. The third kappa shape index (κ3) is 25.6. The van der Waals surface area contributed by atoms with E-state index in [1.165, 1.54) is 12.1 Å². The molecular weight excluding hydrogens is 315 g/mol. The van der Waals surface area contributed by atoms with Gasteiger partial charge < -0.3 is 40.5 Å². The van der Waals surface area contributed by atoms with E-state index in [9.17, 15) is 4.79 Å². The summed E-state index contributed by atoms with van der Waals surface area (Å²) in [6.45, 7) is 0.314. The molecule has 0 bridgehead atoms. The first-order chi connectivity index (χ1) is 8.29. The predicted molar refractivity (Wildman–Crippen MR) is 55.5 cm³/mol. The van der Waals surface area contributed by atoms with Gasteiger partial charge in [0.05, 0.1) is 10.2 Å². The molecule has 0 saturated heterocycles. The molecule has 108 valence electrons. The van der Waals surface area contributed by atoms with E-state index in [1.54, 1.807) is 12.1 Å². The fourth-order valence-electron chi connectivity index (χ4n) is 0.612. The van der Waals surface area contributed by atoms with Crippen LogP contribution in [0.25, 0.3) is 0 Å². The third-order valence-corrected chi connectivity index (χ3v) is 1.00. The van der Waals surface area contributed by atoms with Crippen LogP contribution in [0.1, 0.15) is 0 Å². The van der Waals surface area contributed by atoms with Gasteiger partial charge in [-0.3, -0.25) is 4.79 Å². The van der Waals surface area contributed by atoms with E-state index in [2.05, 4.69) is 4.74 Å². The molecule has 0 fully saturated rings. The molecule has 1 N–H and O–H groups in total. The molecule has 1 rings (SSSR count). The molecule has 0 aliphatic carbocycles. The average Bonchev–Trinajstić information content (AvgIpc) is 2.16. The Bertz CT molecular complexity index is 380. The van der Waals surface area contributed by atoms with Crippen molar-refractivity contribution in [3.8, 4) is 11.5 Å². The monoisotopic (exact) mass is 320 g/mol. The van der Waals surface area contributed by atoms with E-state index < -0.39 is 10.2 Å². The Balaban J connectivity index is -0.000000242. The Morgan fingerprint density at radius 1 is 1.11 bits per heavy atom. The summed E-state index contributed by atoms with van der Waals surface area (Å²) in [5.74, 6) is 0.425. The molecule has 0 aromatic heterocycles. The van der Waals surface area contributed by atoms with Crippen LogP contribution in [0.2, 0.25) is 0 Å². The third-order valence-electron chi connectivity index (χ3n) is 1.00. The smallest absolute Gasteiger partial charge is 0.508 e. The van der Waals surface area contributed by atoms with Gasteiger partial charge in [0.1, 0.15) is 11.5 Å². The number of carbonyl (C=O) groups excluding carboxylic acids is 1. The van der Waals surface area contributed by atoms with E-state index in [4.69, 9.17) is 35.7 Å². The standard InChI is InChI=1S/C7H6O3.2NO3.Ni/c8-5-10-7-3-1-2-6(9)4-7;2*2-1(3)4;/h1-5,9H;;;/q;2*-1;+2. The number of ether oxygens (including phenoxy) is 1. The second-order valence-corrected chi connectivity index (χ2v) is 2.16. The van der Waals surface area contributed by atoms with Gasteiger partial charge in [-0.1, -0.05) is 6.07 Å². The molecule has 0 radical (unpaired) electrons. The predicted octanol–water partition coefficient (Wildman–Crippen LogP) is 0.447.